The summed E-state index contributed by atoms with van der Waals surface area (Å²) in [5.41, 5.74) is 3.71. The average molecular weight is 277 g/mol. The summed E-state index contributed by atoms with van der Waals surface area (Å²) in [6.45, 7) is 0.410. The third-order valence-electron chi connectivity index (χ3n) is 3.44. The molecular formula is C13H15F4NO. The van der Waals surface area contributed by atoms with E-state index in [0.29, 0.717) is 19.0 Å². The van der Waals surface area contributed by atoms with E-state index in [0.717, 1.165) is 25.3 Å². The van der Waals surface area contributed by atoms with E-state index >= 15 is 0 Å². The first-order valence-corrected chi connectivity index (χ1v) is 6.12. The van der Waals surface area contributed by atoms with Crippen molar-refractivity contribution in [1.29, 1.82) is 0 Å². The van der Waals surface area contributed by atoms with Gasteiger partial charge in [0.1, 0.15) is 17.2 Å². The third-order valence-corrected chi connectivity index (χ3v) is 3.44. The molecule has 1 aliphatic carbocycles. The van der Waals surface area contributed by atoms with Crippen molar-refractivity contribution in [3.8, 4) is 5.75 Å². The fraction of sp³-hybridized carbons (Fsp3) is 0.538. The second-order valence-electron chi connectivity index (χ2n) is 4.82. The summed E-state index contributed by atoms with van der Waals surface area (Å²) >= 11 is 0. The molecule has 0 spiro atoms. The minimum Gasteiger partial charge on any atom is -0.487 e. The van der Waals surface area contributed by atoms with Gasteiger partial charge in [-0.3, -0.25) is 0 Å². The third kappa shape index (κ3) is 3.00. The van der Waals surface area contributed by atoms with E-state index in [4.69, 9.17) is 10.5 Å². The fourth-order valence-corrected chi connectivity index (χ4v) is 2.27. The molecule has 1 aliphatic rings. The maximum atomic E-state index is 13.1. The van der Waals surface area contributed by atoms with Crippen molar-refractivity contribution in [3.05, 3.63) is 29.6 Å². The van der Waals surface area contributed by atoms with Crippen LogP contribution in [0.1, 0.15) is 31.2 Å². The van der Waals surface area contributed by atoms with Crippen molar-refractivity contribution in [1.82, 2.24) is 0 Å². The molecule has 1 aromatic rings. The van der Waals surface area contributed by atoms with Gasteiger partial charge in [-0.15, -0.1) is 0 Å². The second kappa shape index (κ2) is 5.00. The van der Waals surface area contributed by atoms with Gasteiger partial charge in [-0.1, -0.05) is 0 Å². The Morgan fingerprint density at radius 1 is 1.26 bits per heavy atom. The normalized spacial score (nSPS) is 17.9. The van der Waals surface area contributed by atoms with Crippen LogP contribution in [0.25, 0.3) is 0 Å². The van der Waals surface area contributed by atoms with Crippen LogP contribution in [-0.4, -0.2) is 12.1 Å². The van der Waals surface area contributed by atoms with Gasteiger partial charge in [0.25, 0.3) is 0 Å². The van der Waals surface area contributed by atoms with Gasteiger partial charge in [0.15, 0.2) is 0 Å². The number of nitrogens with two attached hydrogens (primary N) is 1. The van der Waals surface area contributed by atoms with Gasteiger partial charge in [-0.2, -0.15) is 13.2 Å². The van der Waals surface area contributed by atoms with Gasteiger partial charge >= 0.3 is 6.18 Å². The molecule has 0 amide bonds. The van der Waals surface area contributed by atoms with Crippen molar-refractivity contribution in [2.75, 3.05) is 6.54 Å². The Hall–Kier alpha value is -1.30. The van der Waals surface area contributed by atoms with E-state index in [2.05, 4.69) is 0 Å². The minimum absolute atomic E-state index is 0.0434. The average Bonchev–Trinajstić information content (AvgIpc) is 2.27. The molecule has 0 unspecified atom stereocenters. The first-order valence-electron chi connectivity index (χ1n) is 6.12. The number of alkyl halides is 3. The highest BCUT2D eigenvalue weighted by Gasteiger charge is 2.39. The van der Waals surface area contributed by atoms with E-state index in [1.165, 1.54) is 6.07 Å². The summed E-state index contributed by atoms with van der Waals surface area (Å²) in [5, 5.41) is 0. The molecule has 1 fully saturated rings. The van der Waals surface area contributed by atoms with Crippen molar-refractivity contribution < 1.29 is 22.3 Å². The lowest BCUT2D eigenvalue weighted by atomic mass is 9.77. The molecule has 1 saturated carbocycles. The number of rotatable bonds is 4. The van der Waals surface area contributed by atoms with Gasteiger partial charge < -0.3 is 10.5 Å². The van der Waals surface area contributed by atoms with Crippen LogP contribution in [0.3, 0.4) is 0 Å². The summed E-state index contributed by atoms with van der Waals surface area (Å²) in [6, 6.07) is 2.72. The zero-order valence-electron chi connectivity index (χ0n) is 10.3. The Kier molecular flexibility index (Phi) is 3.71. The lowest BCUT2D eigenvalue weighted by Crippen LogP contribution is -2.44. The predicted molar refractivity (Wildman–Crippen MR) is 62.3 cm³/mol. The minimum atomic E-state index is -4.72. The predicted octanol–water partition coefficient (Wildman–Crippen LogP) is 3.49. The molecular weight excluding hydrogens is 262 g/mol. The summed E-state index contributed by atoms with van der Waals surface area (Å²) in [6.07, 6.45) is -1.63. The van der Waals surface area contributed by atoms with Gasteiger partial charge in [-0.05, 0) is 50.4 Å². The smallest absolute Gasteiger partial charge is 0.419 e. The van der Waals surface area contributed by atoms with Gasteiger partial charge in [0.05, 0.1) is 5.56 Å². The molecule has 0 heterocycles. The van der Waals surface area contributed by atoms with Crippen molar-refractivity contribution in [2.45, 2.75) is 37.5 Å². The molecule has 106 valence electrons. The van der Waals surface area contributed by atoms with Crippen LogP contribution in [0.5, 0.6) is 5.75 Å². The number of benzene rings is 1. The van der Waals surface area contributed by atoms with Crippen molar-refractivity contribution in [3.63, 3.8) is 0 Å². The highest BCUT2D eigenvalue weighted by atomic mass is 19.4. The number of hydrogen-bond acceptors (Lipinski definition) is 2. The van der Waals surface area contributed by atoms with Gasteiger partial charge in [0.2, 0.25) is 0 Å². The molecule has 2 nitrogen and oxygen atoms in total. The summed E-state index contributed by atoms with van der Waals surface area (Å²) in [5.74, 6) is -1.25. The Morgan fingerprint density at radius 2 is 1.95 bits per heavy atom. The van der Waals surface area contributed by atoms with Gasteiger partial charge in [0, 0.05) is 0 Å². The van der Waals surface area contributed by atoms with Gasteiger partial charge in [-0.25, -0.2) is 4.39 Å². The molecule has 0 bridgehead atoms. The molecule has 1 aromatic carbocycles. The zero-order valence-corrected chi connectivity index (χ0v) is 10.3. The molecule has 0 aliphatic heterocycles. The SMILES string of the molecule is NCCC1(Oc2ccc(F)c(C(F)(F)F)c2)CCC1. The quantitative estimate of drug-likeness (QED) is 0.855. The highest BCUT2D eigenvalue weighted by molar-refractivity contribution is 5.32. The van der Waals surface area contributed by atoms with Crippen molar-refractivity contribution in [2.24, 2.45) is 5.73 Å². The summed E-state index contributed by atoms with van der Waals surface area (Å²) < 4.78 is 56.5. The van der Waals surface area contributed by atoms with Crippen LogP contribution < -0.4 is 10.5 Å². The Morgan fingerprint density at radius 3 is 2.42 bits per heavy atom. The molecule has 19 heavy (non-hydrogen) atoms. The Bertz CT molecular complexity index is 454. The fourth-order valence-electron chi connectivity index (χ4n) is 2.27. The van der Waals surface area contributed by atoms with E-state index in [1.807, 2.05) is 0 Å². The van der Waals surface area contributed by atoms with E-state index in [-0.39, 0.29) is 5.75 Å². The van der Waals surface area contributed by atoms with Crippen molar-refractivity contribution >= 4 is 0 Å². The number of hydrogen-bond donors (Lipinski definition) is 1. The van der Waals surface area contributed by atoms with Crippen LogP contribution in [0.15, 0.2) is 18.2 Å². The van der Waals surface area contributed by atoms with Crippen LogP contribution in [0.2, 0.25) is 0 Å². The van der Waals surface area contributed by atoms with Crippen LogP contribution in [0, 0.1) is 5.82 Å². The maximum absolute atomic E-state index is 13.1. The molecule has 2 N–H and O–H groups in total. The van der Waals surface area contributed by atoms with Crippen LogP contribution in [-0.2, 0) is 6.18 Å². The Balaban J connectivity index is 2.22. The van der Waals surface area contributed by atoms with Crippen LogP contribution in [0.4, 0.5) is 17.6 Å². The molecule has 0 atom stereocenters. The molecule has 2 rings (SSSR count). The van der Waals surface area contributed by atoms with E-state index < -0.39 is 23.2 Å². The number of ether oxygens (including phenoxy) is 1. The zero-order chi connectivity index (χ0) is 14.1. The summed E-state index contributed by atoms with van der Waals surface area (Å²) in [4.78, 5) is 0. The largest absolute Gasteiger partial charge is 0.487 e. The first-order chi connectivity index (χ1) is 8.86. The van der Waals surface area contributed by atoms with E-state index in [1.54, 1.807) is 0 Å². The standard InChI is InChI=1S/C13H15F4NO/c14-11-3-2-9(8-10(11)13(15,16)17)19-12(6-7-18)4-1-5-12/h2-3,8H,1,4-7,18H2. The first kappa shape index (κ1) is 14.1. The molecule has 0 saturated heterocycles. The molecule has 0 radical (unpaired) electrons. The molecule has 6 heteroatoms. The number of halogens is 4. The monoisotopic (exact) mass is 277 g/mol. The summed E-state index contributed by atoms with van der Waals surface area (Å²) in [7, 11) is 0. The topological polar surface area (TPSA) is 35.2 Å². The highest BCUT2D eigenvalue weighted by Crippen LogP contribution is 2.40. The van der Waals surface area contributed by atoms with E-state index in [9.17, 15) is 17.6 Å². The lowest BCUT2D eigenvalue weighted by molar-refractivity contribution is -0.140. The van der Waals surface area contributed by atoms with Crippen LogP contribution >= 0.6 is 0 Å². The Labute approximate surface area is 108 Å². The molecule has 0 aromatic heterocycles. The maximum Gasteiger partial charge on any atom is 0.419 e. The second-order valence-corrected chi connectivity index (χ2v) is 4.82. The lowest BCUT2D eigenvalue weighted by Gasteiger charge is -2.42.